The average Bonchev–Trinajstić information content (AvgIpc) is 2.34. The lowest BCUT2D eigenvalue weighted by atomic mass is 10.1. The highest BCUT2D eigenvalue weighted by molar-refractivity contribution is 7.98. The maximum absolute atomic E-state index is 12.0. The fourth-order valence-electron chi connectivity index (χ4n) is 1.54. The van der Waals surface area contributed by atoms with Gasteiger partial charge in [0.1, 0.15) is 0 Å². The number of thioether (sulfide) groups is 1. The van der Waals surface area contributed by atoms with Crippen LogP contribution in [0.15, 0.2) is 18.2 Å². The number of hydrogen-bond acceptors (Lipinski definition) is 3. The van der Waals surface area contributed by atoms with Crippen LogP contribution in [0.4, 0.5) is 0 Å². The molecule has 100 valence electrons. The molecule has 0 aliphatic heterocycles. The third-order valence-electron chi connectivity index (χ3n) is 2.60. The van der Waals surface area contributed by atoms with E-state index in [0.717, 1.165) is 17.7 Å². The summed E-state index contributed by atoms with van der Waals surface area (Å²) >= 11 is 7.71. The van der Waals surface area contributed by atoms with Crippen molar-refractivity contribution in [2.75, 3.05) is 18.6 Å². The summed E-state index contributed by atoms with van der Waals surface area (Å²) in [7, 11) is 0. The van der Waals surface area contributed by atoms with Gasteiger partial charge in [-0.25, -0.2) is 0 Å². The minimum absolute atomic E-state index is 0.0597. The van der Waals surface area contributed by atoms with Gasteiger partial charge in [-0.05, 0) is 43.0 Å². The molecule has 0 spiro atoms. The molecule has 1 atom stereocenters. The number of carbonyl (C=O) groups excluding carboxylic acids is 1. The number of nitrogens with one attached hydrogen (secondary N) is 1. The van der Waals surface area contributed by atoms with Crippen molar-refractivity contribution in [1.82, 2.24) is 5.32 Å². The topological polar surface area (TPSA) is 49.3 Å². The molecule has 0 aromatic heterocycles. The number of aliphatic hydroxyl groups excluding tert-OH is 1. The van der Waals surface area contributed by atoms with Crippen LogP contribution in [0.25, 0.3) is 0 Å². The maximum Gasteiger partial charge on any atom is 0.253 e. The van der Waals surface area contributed by atoms with Crippen molar-refractivity contribution in [2.24, 2.45) is 0 Å². The van der Waals surface area contributed by atoms with E-state index < -0.39 is 0 Å². The predicted octanol–water partition coefficient (Wildman–Crippen LogP) is 2.49. The summed E-state index contributed by atoms with van der Waals surface area (Å²) < 4.78 is 0. The van der Waals surface area contributed by atoms with Crippen LogP contribution in [-0.4, -0.2) is 35.7 Å². The third-order valence-corrected chi connectivity index (χ3v) is 3.55. The van der Waals surface area contributed by atoms with Gasteiger partial charge in [0.05, 0.1) is 23.2 Å². The van der Waals surface area contributed by atoms with Crippen molar-refractivity contribution < 1.29 is 9.90 Å². The smallest absolute Gasteiger partial charge is 0.253 e. The molecule has 0 saturated carbocycles. The Balaban J connectivity index is 2.68. The van der Waals surface area contributed by atoms with Gasteiger partial charge in [0.2, 0.25) is 0 Å². The summed E-state index contributed by atoms with van der Waals surface area (Å²) in [4.78, 5) is 12.0. The lowest BCUT2D eigenvalue weighted by Crippen LogP contribution is -2.38. The monoisotopic (exact) mass is 287 g/mol. The van der Waals surface area contributed by atoms with E-state index in [2.05, 4.69) is 5.32 Å². The highest BCUT2D eigenvalue weighted by atomic mass is 35.5. The lowest BCUT2D eigenvalue weighted by molar-refractivity contribution is 0.0915. The largest absolute Gasteiger partial charge is 0.394 e. The number of halogens is 1. The van der Waals surface area contributed by atoms with Crippen LogP contribution in [0.1, 0.15) is 22.3 Å². The Bertz CT molecular complexity index is 412. The Kier molecular flexibility index (Phi) is 6.54. The molecule has 5 heteroatoms. The molecule has 2 N–H and O–H groups in total. The Hall–Kier alpha value is -0.710. The summed E-state index contributed by atoms with van der Waals surface area (Å²) in [5.74, 6) is 0.660. The van der Waals surface area contributed by atoms with Crippen LogP contribution >= 0.6 is 23.4 Å². The first-order valence-electron chi connectivity index (χ1n) is 5.75. The van der Waals surface area contributed by atoms with Crippen molar-refractivity contribution in [1.29, 1.82) is 0 Å². The number of carbonyl (C=O) groups is 1. The molecule has 3 nitrogen and oxygen atoms in total. The van der Waals surface area contributed by atoms with Gasteiger partial charge in [0.15, 0.2) is 0 Å². The Morgan fingerprint density at radius 3 is 2.83 bits per heavy atom. The lowest BCUT2D eigenvalue weighted by Gasteiger charge is -2.16. The van der Waals surface area contributed by atoms with Crippen LogP contribution in [-0.2, 0) is 0 Å². The zero-order valence-electron chi connectivity index (χ0n) is 10.6. The molecule has 0 aliphatic rings. The van der Waals surface area contributed by atoms with Gasteiger partial charge in [-0.2, -0.15) is 11.8 Å². The first-order chi connectivity index (χ1) is 8.58. The Morgan fingerprint density at radius 1 is 1.56 bits per heavy atom. The van der Waals surface area contributed by atoms with Crippen molar-refractivity contribution in [3.63, 3.8) is 0 Å². The van der Waals surface area contributed by atoms with E-state index in [1.165, 1.54) is 0 Å². The van der Waals surface area contributed by atoms with E-state index in [-0.39, 0.29) is 18.6 Å². The van der Waals surface area contributed by atoms with Gasteiger partial charge in [-0.1, -0.05) is 17.7 Å². The average molecular weight is 288 g/mol. The summed E-state index contributed by atoms with van der Waals surface area (Å²) in [6, 6.07) is 5.08. The van der Waals surface area contributed by atoms with Crippen molar-refractivity contribution in [2.45, 2.75) is 19.4 Å². The third kappa shape index (κ3) is 4.52. The van der Waals surface area contributed by atoms with Crippen molar-refractivity contribution in [3.8, 4) is 0 Å². The van der Waals surface area contributed by atoms with Crippen LogP contribution in [0.5, 0.6) is 0 Å². The van der Waals surface area contributed by atoms with E-state index in [9.17, 15) is 9.90 Å². The second-order valence-electron chi connectivity index (χ2n) is 4.12. The van der Waals surface area contributed by atoms with Gasteiger partial charge in [0, 0.05) is 0 Å². The van der Waals surface area contributed by atoms with E-state index >= 15 is 0 Å². The van der Waals surface area contributed by atoms with Gasteiger partial charge in [-0.3, -0.25) is 4.79 Å². The van der Waals surface area contributed by atoms with Crippen LogP contribution in [0.3, 0.4) is 0 Å². The molecule has 0 saturated heterocycles. The van der Waals surface area contributed by atoms with Gasteiger partial charge >= 0.3 is 0 Å². The van der Waals surface area contributed by atoms with Crippen molar-refractivity contribution >= 4 is 29.3 Å². The molecule has 0 unspecified atom stereocenters. The summed E-state index contributed by atoms with van der Waals surface area (Å²) in [6.45, 7) is 1.86. The molecular weight excluding hydrogens is 270 g/mol. The number of aliphatic hydroxyl groups is 1. The van der Waals surface area contributed by atoms with Gasteiger partial charge in [-0.15, -0.1) is 0 Å². The van der Waals surface area contributed by atoms with E-state index in [4.69, 9.17) is 11.6 Å². The highest BCUT2D eigenvalue weighted by Gasteiger charge is 2.15. The quantitative estimate of drug-likeness (QED) is 0.845. The number of amides is 1. The summed E-state index contributed by atoms with van der Waals surface area (Å²) in [5.41, 5.74) is 1.46. The molecule has 18 heavy (non-hydrogen) atoms. The number of aryl methyl sites for hydroxylation is 1. The van der Waals surface area contributed by atoms with Crippen molar-refractivity contribution in [3.05, 3.63) is 34.3 Å². The second kappa shape index (κ2) is 7.67. The number of rotatable bonds is 6. The molecule has 0 aliphatic carbocycles. The molecule has 0 heterocycles. The van der Waals surface area contributed by atoms with E-state index in [1.807, 2.05) is 19.2 Å². The minimum atomic E-state index is -0.236. The highest BCUT2D eigenvalue weighted by Crippen LogP contribution is 2.17. The first-order valence-corrected chi connectivity index (χ1v) is 7.52. The SMILES string of the molecule is CSCC[C@@H](CO)NC(=O)c1ccc(C)cc1Cl. The Labute approximate surface area is 117 Å². The zero-order valence-corrected chi connectivity index (χ0v) is 12.1. The fraction of sp³-hybridized carbons (Fsp3) is 0.462. The molecular formula is C13H18ClNO2S. The van der Waals surface area contributed by atoms with Crippen LogP contribution < -0.4 is 5.32 Å². The molecule has 1 rings (SSSR count). The molecule has 1 amide bonds. The normalized spacial score (nSPS) is 12.2. The van der Waals surface area contributed by atoms with Crippen LogP contribution in [0.2, 0.25) is 5.02 Å². The maximum atomic E-state index is 12.0. The predicted molar refractivity (Wildman–Crippen MR) is 77.5 cm³/mol. The molecule has 0 radical (unpaired) electrons. The van der Waals surface area contributed by atoms with Crippen LogP contribution in [0, 0.1) is 6.92 Å². The molecule has 0 bridgehead atoms. The number of hydrogen-bond donors (Lipinski definition) is 2. The fourth-order valence-corrected chi connectivity index (χ4v) is 2.38. The molecule has 1 aromatic rings. The summed E-state index contributed by atoms with van der Waals surface area (Å²) in [6.07, 6.45) is 2.74. The van der Waals surface area contributed by atoms with Gasteiger partial charge in [0.25, 0.3) is 5.91 Å². The second-order valence-corrected chi connectivity index (χ2v) is 5.51. The first kappa shape index (κ1) is 15.3. The molecule has 1 aromatic carbocycles. The number of benzene rings is 1. The minimum Gasteiger partial charge on any atom is -0.394 e. The molecule has 0 fully saturated rings. The summed E-state index contributed by atoms with van der Waals surface area (Å²) in [5, 5.41) is 12.4. The Morgan fingerprint density at radius 2 is 2.28 bits per heavy atom. The van der Waals surface area contributed by atoms with Gasteiger partial charge < -0.3 is 10.4 Å². The van der Waals surface area contributed by atoms with E-state index in [0.29, 0.717) is 10.6 Å². The standard InChI is InChI=1S/C13H18ClNO2S/c1-9-3-4-11(12(14)7-9)13(17)15-10(8-16)5-6-18-2/h3-4,7,10,16H,5-6,8H2,1-2H3,(H,15,17)/t10-/m0/s1. The van der Waals surface area contributed by atoms with E-state index in [1.54, 1.807) is 23.9 Å². The zero-order chi connectivity index (χ0) is 13.5.